The van der Waals surface area contributed by atoms with E-state index in [2.05, 4.69) is 25.0 Å². The third-order valence-corrected chi connectivity index (χ3v) is 3.16. The SMILES string of the molecule is C=C(CC)CC(CC1=CCCCC1)NN. The molecule has 0 fully saturated rings. The van der Waals surface area contributed by atoms with Gasteiger partial charge in [0.1, 0.15) is 0 Å². The zero-order chi connectivity index (χ0) is 11.1. The quantitative estimate of drug-likeness (QED) is 0.400. The van der Waals surface area contributed by atoms with Gasteiger partial charge in [0.15, 0.2) is 0 Å². The number of hydrogen-bond acceptors (Lipinski definition) is 2. The maximum atomic E-state index is 5.57. The highest BCUT2D eigenvalue weighted by atomic mass is 15.2. The van der Waals surface area contributed by atoms with Crippen LogP contribution in [0.1, 0.15) is 51.9 Å². The van der Waals surface area contributed by atoms with Gasteiger partial charge in [0.2, 0.25) is 0 Å². The first-order valence-corrected chi connectivity index (χ1v) is 6.07. The Labute approximate surface area is 93.6 Å². The molecule has 0 bridgehead atoms. The third-order valence-electron chi connectivity index (χ3n) is 3.16. The van der Waals surface area contributed by atoms with Gasteiger partial charge in [-0.1, -0.05) is 30.7 Å². The van der Waals surface area contributed by atoms with Crippen LogP contribution in [0.5, 0.6) is 0 Å². The summed E-state index contributed by atoms with van der Waals surface area (Å²) in [5.74, 6) is 5.57. The van der Waals surface area contributed by atoms with Gasteiger partial charge in [-0.3, -0.25) is 11.3 Å². The van der Waals surface area contributed by atoms with E-state index in [-0.39, 0.29) is 0 Å². The molecule has 0 amide bonds. The van der Waals surface area contributed by atoms with Crippen LogP contribution in [0.25, 0.3) is 0 Å². The summed E-state index contributed by atoms with van der Waals surface area (Å²) in [5, 5.41) is 0. The van der Waals surface area contributed by atoms with E-state index in [1.54, 1.807) is 5.57 Å². The summed E-state index contributed by atoms with van der Waals surface area (Å²) in [4.78, 5) is 0. The van der Waals surface area contributed by atoms with Gasteiger partial charge in [0.25, 0.3) is 0 Å². The van der Waals surface area contributed by atoms with Gasteiger partial charge in [-0.15, -0.1) is 0 Å². The highest BCUT2D eigenvalue weighted by Gasteiger charge is 2.12. The number of hydrogen-bond donors (Lipinski definition) is 2. The van der Waals surface area contributed by atoms with Gasteiger partial charge in [-0.25, -0.2) is 0 Å². The summed E-state index contributed by atoms with van der Waals surface area (Å²) in [5.41, 5.74) is 5.78. The Morgan fingerprint density at radius 2 is 2.40 bits per heavy atom. The van der Waals surface area contributed by atoms with Crippen molar-refractivity contribution in [1.29, 1.82) is 0 Å². The number of allylic oxidation sites excluding steroid dienone is 1. The van der Waals surface area contributed by atoms with E-state index < -0.39 is 0 Å². The molecule has 0 saturated heterocycles. The van der Waals surface area contributed by atoms with Crippen molar-refractivity contribution in [2.24, 2.45) is 5.84 Å². The standard InChI is InChI=1S/C13H24N2/c1-3-11(2)9-13(15-14)10-12-7-5-4-6-8-12/h7,13,15H,2-6,8-10,14H2,1H3. The second-order valence-electron chi connectivity index (χ2n) is 4.48. The summed E-state index contributed by atoms with van der Waals surface area (Å²) in [7, 11) is 0. The largest absolute Gasteiger partial charge is 0.271 e. The molecule has 3 N–H and O–H groups in total. The second kappa shape index (κ2) is 6.81. The first kappa shape index (κ1) is 12.5. The van der Waals surface area contributed by atoms with Crippen molar-refractivity contribution >= 4 is 0 Å². The molecule has 0 aliphatic heterocycles. The lowest BCUT2D eigenvalue weighted by Crippen LogP contribution is -2.35. The van der Waals surface area contributed by atoms with E-state index in [4.69, 9.17) is 5.84 Å². The highest BCUT2D eigenvalue weighted by molar-refractivity contribution is 5.09. The van der Waals surface area contributed by atoms with Crippen molar-refractivity contribution in [3.05, 3.63) is 23.8 Å². The smallest absolute Gasteiger partial charge is 0.0284 e. The molecule has 1 atom stereocenters. The molecule has 1 rings (SSSR count). The molecule has 15 heavy (non-hydrogen) atoms. The van der Waals surface area contributed by atoms with Gasteiger partial charge in [-0.2, -0.15) is 0 Å². The van der Waals surface area contributed by atoms with E-state index in [9.17, 15) is 0 Å². The average Bonchev–Trinajstić information content (AvgIpc) is 2.29. The molecular formula is C13H24N2. The fourth-order valence-corrected chi connectivity index (χ4v) is 2.09. The van der Waals surface area contributed by atoms with Crippen LogP contribution in [0, 0.1) is 0 Å². The van der Waals surface area contributed by atoms with Crippen LogP contribution < -0.4 is 11.3 Å². The normalized spacial score (nSPS) is 18.4. The van der Waals surface area contributed by atoms with Crippen molar-refractivity contribution in [3.8, 4) is 0 Å². The third kappa shape index (κ3) is 4.63. The molecule has 0 aromatic carbocycles. The number of nitrogens with two attached hydrogens (primary N) is 1. The molecule has 0 heterocycles. The molecular weight excluding hydrogens is 184 g/mol. The van der Waals surface area contributed by atoms with Crippen LogP contribution in [-0.4, -0.2) is 6.04 Å². The minimum Gasteiger partial charge on any atom is -0.271 e. The monoisotopic (exact) mass is 208 g/mol. The maximum absolute atomic E-state index is 5.57. The molecule has 1 aliphatic carbocycles. The zero-order valence-electron chi connectivity index (χ0n) is 9.89. The Bertz CT molecular complexity index is 231. The predicted octanol–water partition coefficient (Wildman–Crippen LogP) is 3.07. The Balaban J connectivity index is 2.38. The van der Waals surface area contributed by atoms with Gasteiger partial charge < -0.3 is 0 Å². The minimum absolute atomic E-state index is 0.377. The Morgan fingerprint density at radius 1 is 1.60 bits per heavy atom. The molecule has 0 spiro atoms. The number of hydrazine groups is 1. The molecule has 0 aromatic heterocycles. The minimum atomic E-state index is 0.377. The van der Waals surface area contributed by atoms with Crippen molar-refractivity contribution in [2.45, 2.75) is 57.9 Å². The van der Waals surface area contributed by atoms with Gasteiger partial charge >= 0.3 is 0 Å². The van der Waals surface area contributed by atoms with E-state index in [0.717, 1.165) is 19.3 Å². The lowest BCUT2D eigenvalue weighted by molar-refractivity contribution is 0.500. The summed E-state index contributed by atoms with van der Waals surface area (Å²) >= 11 is 0. The van der Waals surface area contributed by atoms with E-state index >= 15 is 0 Å². The number of nitrogens with one attached hydrogen (secondary N) is 1. The summed E-state index contributed by atoms with van der Waals surface area (Å²) in [6.07, 6.45) is 10.8. The molecule has 0 radical (unpaired) electrons. The molecule has 0 aromatic rings. The lowest BCUT2D eigenvalue weighted by Gasteiger charge is -2.20. The molecule has 0 saturated carbocycles. The Morgan fingerprint density at radius 3 is 2.93 bits per heavy atom. The van der Waals surface area contributed by atoms with Crippen LogP contribution in [0.2, 0.25) is 0 Å². The fraction of sp³-hybridized carbons (Fsp3) is 0.692. The molecule has 1 unspecified atom stereocenters. The summed E-state index contributed by atoms with van der Waals surface area (Å²) in [6, 6.07) is 0.377. The molecule has 86 valence electrons. The predicted molar refractivity (Wildman–Crippen MR) is 66.3 cm³/mol. The Kier molecular flexibility index (Phi) is 5.66. The second-order valence-corrected chi connectivity index (χ2v) is 4.48. The van der Waals surface area contributed by atoms with Crippen LogP contribution in [0.3, 0.4) is 0 Å². The Hall–Kier alpha value is -0.600. The van der Waals surface area contributed by atoms with Crippen LogP contribution >= 0.6 is 0 Å². The average molecular weight is 208 g/mol. The van der Waals surface area contributed by atoms with Gasteiger partial charge in [0, 0.05) is 6.04 Å². The fourth-order valence-electron chi connectivity index (χ4n) is 2.09. The molecule has 2 nitrogen and oxygen atoms in total. The van der Waals surface area contributed by atoms with Crippen LogP contribution in [0.15, 0.2) is 23.8 Å². The van der Waals surface area contributed by atoms with Crippen molar-refractivity contribution in [2.75, 3.05) is 0 Å². The van der Waals surface area contributed by atoms with E-state index in [1.165, 1.54) is 31.3 Å². The lowest BCUT2D eigenvalue weighted by atomic mass is 9.92. The zero-order valence-corrected chi connectivity index (χ0v) is 9.89. The first-order valence-electron chi connectivity index (χ1n) is 6.07. The first-order chi connectivity index (χ1) is 7.26. The van der Waals surface area contributed by atoms with E-state index in [1.807, 2.05) is 0 Å². The van der Waals surface area contributed by atoms with Gasteiger partial charge in [-0.05, 0) is 44.9 Å². The van der Waals surface area contributed by atoms with Crippen LogP contribution in [-0.2, 0) is 0 Å². The maximum Gasteiger partial charge on any atom is 0.0284 e. The molecule has 2 heteroatoms. The summed E-state index contributed by atoms with van der Waals surface area (Å²) < 4.78 is 0. The van der Waals surface area contributed by atoms with Crippen molar-refractivity contribution in [3.63, 3.8) is 0 Å². The highest BCUT2D eigenvalue weighted by Crippen LogP contribution is 2.23. The van der Waals surface area contributed by atoms with Crippen molar-refractivity contribution < 1.29 is 0 Å². The van der Waals surface area contributed by atoms with Gasteiger partial charge in [0.05, 0.1) is 0 Å². The molecule has 1 aliphatic rings. The van der Waals surface area contributed by atoms with E-state index in [0.29, 0.717) is 6.04 Å². The van der Waals surface area contributed by atoms with Crippen LogP contribution in [0.4, 0.5) is 0 Å². The summed E-state index contributed by atoms with van der Waals surface area (Å²) in [6.45, 7) is 6.19. The topological polar surface area (TPSA) is 38.0 Å². The van der Waals surface area contributed by atoms with Crippen molar-refractivity contribution in [1.82, 2.24) is 5.43 Å². The number of rotatable bonds is 6.